The van der Waals surface area contributed by atoms with E-state index in [9.17, 15) is 4.79 Å². The molecular weight excluding hydrogens is 288 g/mol. The van der Waals surface area contributed by atoms with E-state index < -0.39 is 0 Å². The van der Waals surface area contributed by atoms with Crippen molar-refractivity contribution >= 4 is 21.7 Å². The van der Waals surface area contributed by atoms with Gasteiger partial charge in [-0.1, -0.05) is 54.8 Å². The Morgan fingerprint density at radius 3 is 2.44 bits per heavy atom. The molecule has 1 aromatic rings. The van der Waals surface area contributed by atoms with Crippen LogP contribution in [0.4, 0.5) is 0 Å². The summed E-state index contributed by atoms with van der Waals surface area (Å²) in [5.41, 5.74) is 2.59. The van der Waals surface area contributed by atoms with Crippen molar-refractivity contribution in [2.75, 3.05) is 0 Å². The summed E-state index contributed by atoms with van der Waals surface area (Å²) in [6.07, 6.45) is 6.95. The topological polar surface area (TPSA) is 17.1 Å². The monoisotopic (exact) mass is 308 g/mol. The van der Waals surface area contributed by atoms with Crippen molar-refractivity contribution in [3.8, 4) is 0 Å². The summed E-state index contributed by atoms with van der Waals surface area (Å²) in [5.74, 6) is 0.328. The van der Waals surface area contributed by atoms with Crippen LogP contribution in [-0.2, 0) is 5.41 Å². The third-order valence-electron chi connectivity index (χ3n) is 4.24. The Labute approximate surface area is 118 Å². The van der Waals surface area contributed by atoms with Crippen LogP contribution < -0.4 is 0 Å². The van der Waals surface area contributed by atoms with Gasteiger partial charge in [0.15, 0.2) is 5.78 Å². The van der Waals surface area contributed by atoms with Crippen molar-refractivity contribution in [2.24, 2.45) is 0 Å². The summed E-state index contributed by atoms with van der Waals surface area (Å²) in [7, 11) is 0. The molecule has 1 saturated carbocycles. The van der Waals surface area contributed by atoms with Crippen molar-refractivity contribution in [1.29, 1.82) is 0 Å². The molecule has 0 unspecified atom stereocenters. The van der Waals surface area contributed by atoms with Crippen LogP contribution >= 0.6 is 15.9 Å². The van der Waals surface area contributed by atoms with Crippen LogP contribution in [0.25, 0.3) is 0 Å². The highest BCUT2D eigenvalue weighted by molar-refractivity contribution is 9.10. The van der Waals surface area contributed by atoms with Crippen molar-refractivity contribution in [1.82, 2.24) is 0 Å². The van der Waals surface area contributed by atoms with Crippen molar-refractivity contribution < 1.29 is 4.79 Å². The van der Waals surface area contributed by atoms with Crippen LogP contribution in [0.2, 0.25) is 0 Å². The molecule has 2 aliphatic carbocycles. The van der Waals surface area contributed by atoms with Crippen LogP contribution in [0, 0.1) is 0 Å². The van der Waals surface area contributed by atoms with Crippen LogP contribution in [0.1, 0.15) is 68.3 Å². The molecule has 0 N–H and O–H groups in total. The van der Waals surface area contributed by atoms with Gasteiger partial charge in [-0.2, -0.15) is 0 Å². The van der Waals surface area contributed by atoms with E-state index in [-0.39, 0.29) is 0 Å². The molecule has 18 heavy (non-hydrogen) atoms. The van der Waals surface area contributed by atoms with Crippen molar-refractivity contribution in [2.45, 2.75) is 57.8 Å². The van der Waals surface area contributed by atoms with Crippen LogP contribution in [0.3, 0.4) is 0 Å². The van der Waals surface area contributed by atoms with E-state index in [1.807, 2.05) is 26.0 Å². The van der Waals surface area contributed by atoms with E-state index in [1.165, 1.54) is 31.2 Å². The fourth-order valence-electron chi connectivity index (χ4n) is 3.46. The van der Waals surface area contributed by atoms with Gasteiger partial charge in [0, 0.05) is 16.5 Å². The van der Waals surface area contributed by atoms with Gasteiger partial charge in [0.2, 0.25) is 0 Å². The predicted molar refractivity (Wildman–Crippen MR) is 79.2 cm³/mol. The minimum absolute atomic E-state index is 0.309. The molecule has 0 bridgehead atoms. The molecule has 1 spiro atoms. The molecule has 0 heterocycles. The highest BCUT2D eigenvalue weighted by atomic mass is 79.9. The second-order valence-corrected chi connectivity index (χ2v) is 5.93. The zero-order valence-electron chi connectivity index (χ0n) is 11.3. The van der Waals surface area contributed by atoms with Gasteiger partial charge in [0.1, 0.15) is 0 Å². The number of halogens is 1. The molecule has 0 amide bonds. The number of carbonyl (C=O) groups excluding carboxylic acids is 1. The molecule has 0 aromatic heterocycles. The van der Waals surface area contributed by atoms with Gasteiger partial charge in [-0.3, -0.25) is 4.79 Å². The Morgan fingerprint density at radius 2 is 1.78 bits per heavy atom. The Bertz CT molecular complexity index is 444. The first-order chi connectivity index (χ1) is 8.73. The summed E-state index contributed by atoms with van der Waals surface area (Å²) in [6.45, 7) is 4.00. The van der Waals surface area contributed by atoms with Crippen molar-refractivity contribution in [3.05, 3.63) is 33.8 Å². The summed E-state index contributed by atoms with van der Waals surface area (Å²) < 4.78 is 1.14. The predicted octanol–water partition coefficient (Wildman–Crippen LogP) is 5.26. The molecule has 0 atom stereocenters. The standard InChI is InChI=1S/C14H15BrO.C2H6/c15-11-5-3-4-10-12(16)6-9-14(13(10)11)7-1-2-8-14;1-2/h3-5H,1-2,6-9H2;1-2H3. The molecule has 1 aromatic carbocycles. The number of carbonyl (C=O) groups is 1. The van der Waals surface area contributed by atoms with Gasteiger partial charge in [0.25, 0.3) is 0 Å². The van der Waals surface area contributed by atoms with E-state index in [0.717, 1.165) is 22.9 Å². The second-order valence-electron chi connectivity index (χ2n) is 5.07. The Balaban J connectivity index is 0.000000574. The first-order valence-electron chi connectivity index (χ1n) is 7.05. The molecule has 0 radical (unpaired) electrons. The lowest BCUT2D eigenvalue weighted by molar-refractivity contribution is 0.0951. The van der Waals surface area contributed by atoms with Gasteiger partial charge in [-0.15, -0.1) is 0 Å². The minimum atomic E-state index is 0.309. The molecule has 1 fully saturated rings. The largest absolute Gasteiger partial charge is 0.294 e. The van der Waals surface area contributed by atoms with E-state index in [0.29, 0.717) is 11.2 Å². The van der Waals surface area contributed by atoms with Gasteiger partial charge < -0.3 is 0 Å². The fraction of sp³-hybridized carbons (Fsp3) is 0.562. The lowest BCUT2D eigenvalue weighted by Gasteiger charge is -2.36. The average Bonchev–Trinajstić information content (AvgIpc) is 2.86. The molecule has 0 aliphatic heterocycles. The highest BCUT2D eigenvalue weighted by Gasteiger charge is 2.42. The Kier molecular flexibility index (Phi) is 4.26. The second kappa shape index (κ2) is 5.56. The Morgan fingerprint density at radius 1 is 1.11 bits per heavy atom. The van der Waals surface area contributed by atoms with E-state index in [1.54, 1.807) is 0 Å². The maximum atomic E-state index is 12.0. The summed E-state index contributed by atoms with van der Waals surface area (Å²) >= 11 is 3.64. The van der Waals surface area contributed by atoms with Gasteiger partial charge in [-0.05, 0) is 36.3 Å². The first kappa shape index (κ1) is 13.8. The summed E-state index contributed by atoms with van der Waals surface area (Å²) in [5, 5.41) is 0. The zero-order chi connectivity index (χ0) is 13.2. The van der Waals surface area contributed by atoms with Gasteiger partial charge >= 0.3 is 0 Å². The molecule has 0 saturated heterocycles. The quantitative estimate of drug-likeness (QED) is 0.638. The number of hydrogen-bond acceptors (Lipinski definition) is 1. The average molecular weight is 309 g/mol. The lowest BCUT2D eigenvalue weighted by Crippen LogP contribution is -2.31. The summed E-state index contributed by atoms with van der Waals surface area (Å²) in [6, 6.07) is 6.06. The molecule has 2 heteroatoms. The van der Waals surface area contributed by atoms with Crippen LogP contribution in [-0.4, -0.2) is 5.78 Å². The fourth-order valence-corrected chi connectivity index (χ4v) is 4.25. The van der Waals surface area contributed by atoms with E-state index >= 15 is 0 Å². The molecule has 2 aliphatic rings. The third-order valence-corrected chi connectivity index (χ3v) is 4.90. The number of rotatable bonds is 0. The molecule has 3 rings (SSSR count). The third kappa shape index (κ3) is 2.16. The maximum absolute atomic E-state index is 12.0. The Hall–Kier alpha value is -0.630. The number of benzene rings is 1. The first-order valence-corrected chi connectivity index (χ1v) is 7.84. The zero-order valence-corrected chi connectivity index (χ0v) is 12.8. The van der Waals surface area contributed by atoms with Crippen LogP contribution in [0.5, 0.6) is 0 Å². The normalized spacial score (nSPS) is 20.3. The number of ketones is 1. The maximum Gasteiger partial charge on any atom is 0.163 e. The molecule has 98 valence electrons. The number of Topliss-reactive ketones (excluding diaryl/α,β-unsaturated/α-hetero) is 1. The van der Waals surface area contributed by atoms with E-state index in [2.05, 4.69) is 22.0 Å². The SMILES string of the molecule is CC.O=C1CCC2(CCCC2)c2c(Br)cccc21. The molecular formula is C16H21BrO. The van der Waals surface area contributed by atoms with Crippen LogP contribution in [0.15, 0.2) is 22.7 Å². The van der Waals surface area contributed by atoms with Crippen molar-refractivity contribution in [3.63, 3.8) is 0 Å². The number of hydrogen-bond donors (Lipinski definition) is 0. The lowest BCUT2D eigenvalue weighted by atomic mass is 9.68. The van der Waals surface area contributed by atoms with E-state index in [4.69, 9.17) is 0 Å². The van der Waals surface area contributed by atoms with Gasteiger partial charge in [-0.25, -0.2) is 0 Å². The highest BCUT2D eigenvalue weighted by Crippen LogP contribution is 2.50. The molecule has 1 nitrogen and oxygen atoms in total. The summed E-state index contributed by atoms with van der Waals surface area (Å²) in [4.78, 5) is 12.0. The number of fused-ring (bicyclic) bond motifs is 2. The van der Waals surface area contributed by atoms with Gasteiger partial charge in [0.05, 0.1) is 0 Å². The smallest absolute Gasteiger partial charge is 0.163 e. The minimum Gasteiger partial charge on any atom is -0.294 e.